The van der Waals surface area contributed by atoms with E-state index in [1.807, 2.05) is 13.0 Å². The predicted molar refractivity (Wildman–Crippen MR) is 114 cm³/mol. The Morgan fingerprint density at radius 1 is 1.06 bits per heavy atom. The molecule has 1 amide bonds. The highest BCUT2D eigenvalue weighted by atomic mass is 19.4. The van der Waals surface area contributed by atoms with Crippen LogP contribution >= 0.6 is 0 Å². The van der Waals surface area contributed by atoms with Gasteiger partial charge < -0.3 is 9.72 Å². The van der Waals surface area contributed by atoms with Crippen LogP contribution in [0.5, 0.6) is 0 Å². The van der Waals surface area contributed by atoms with Crippen molar-refractivity contribution in [3.8, 4) is 11.3 Å². The van der Waals surface area contributed by atoms with Crippen LogP contribution in [0.4, 0.5) is 23.2 Å². The Morgan fingerprint density at radius 2 is 1.81 bits per heavy atom. The van der Waals surface area contributed by atoms with E-state index in [4.69, 9.17) is 0 Å². The molecule has 1 N–H and O–H groups in total. The number of nitrogens with zero attached hydrogens (tertiary/aromatic N) is 2. The van der Waals surface area contributed by atoms with Crippen molar-refractivity contribution in [2.24, 2.45) is 0 Å². The maximum absolute atomic E-state index is 13.8. The van der Waals surface area contributed by atoms with Crippen LogP contribution in [0.15, 0.2) is 60.8 Å². The van der Waals surface area contributed by atoms with E-state index in [1.165, 1.54) is 24.3 Å². The summed E-state index contributed by atoms with van der Waals surface area (Å²) in [6.07, 6.45) is -3.02. The molecular formula is C24H19F4N3O. The molecule has 2 aromatic heterocycles. The number of carbonyl (C=O) groups is 1. The number of pyridine rings is 1. The van der Waals surface area contributed by atoms with Crippen molar-refractivity contribution < 1.29 is 22.4 Å². The lowest BCUT2D eigenvalue weighted by Crippen LogP contribution is -2.19. The average Bonchev–Trinajstić information content (AvgIpc) is 3.07. The van der Waals surface area contributed by atoms with Crippen LogP contribution in [0.3, 0.4) is 0 Å². The summed E-state index contributed by atoms with van der Waals surface area (Å²) in [6.45, 7) is 3.50. The third-order valence-electron chi connectivity index (χ3n) is 5.13. The van der Waals surface area contributed by atoms with Gasteiger partial charge in [0.1, 0.15) is 11.5 Å². The smallest absolute Gasteiger partial charge is 0.325 e. The molecule has 2 aromatic carbocycles. The summed E-state index contributed by atoms with van der Waals surface area (Å²) in [5.74, 6) is -0.985. The summed E-state index contributed by atoms with van der Waals surface area (Å²) in [5.41, 5.74) is 2.27. The van der Waals surface area contributed by atoms with Crippen LogP contribution in [0.2, 0.25) is 0 Å². The summed E-state index contributed by atoms with van der Waals surface area (Å²) >= 11 is 0. The molecule has 0 bridgehead atoms. The third kappa shape index (κ3) is 4.21. The highest BCUT2D eigenvalue weighted by molar-refractivity contribution is 5.94. The Bertz CT molecular complexity index is 1320. The lowest BCUT2D eigenvalue weighted by molar-refractivity contribution is -0.137. The van der Waals surface area contributed by atoms with Crippen LogP contribution in [-0.2, 0) is 17.4 Å². The van der Waals surface area contributed by atoms with Crippen LogP contribution in [0, 0.1) is 19.7 Å². The molecule has 0 atom stereocenters. The van der Waals surface area contributed by atoms with Crippen LogP contribution in [-0.4, -0.2) is 15.3 Å². The molecule has 4 nitrogen and oxygen atoms in total. The summed E-state index contributed by atoms with van der Waals surface area (Å²) in [4.78, 5) is 17.4. The Hall–Kier alpha value is -3.68. The van der Waals surface area contributed by atoms with Gasteiger partial charge in [-0.1, -0.05) is 18.2 Å². The number of benzene rings is 2. The van der Waals surface area contributed by atoms with Crippen molar-refractivity contribution in [2.75, 3.05) is 5.32 Å². The Morgan fingerprint density at radius 3 is 2.53 bits per heavy atom. The van der Waals surface area contributed by atoms with Crippen molar-refractivity contribution in [1.82, 2.24) is 9.38 Å². The molecule has 0 spiro atoms. The number of halogens is 4. The molecular weight excluding hydrogens is 422 g/mol. The topological polar surface area (TPSA) is 46.4 Å². The minimum Gasteiger partial charge on any atom is -0.325 e. The number of anilines is 1. The fourth-order valence-electron chi connectivity index (χ4n) is 3.58. The number of hydrogen-bond donors (Lipinski definition) is 1. The molecule has 0 aliphatic carbocycles. The average molecular weight is 441 g/mol. The SMILES string of the molecule is Cc1ccc2nc(-c3ccc(F)c(C)c3)c(CC(=O)Nc3ccccc3C(F)(F)F)n2c1. The maximum atomic E-state index is 13.8. The van der Waals surface area contributed by atoms with Gasteiger partial charge in [-0.3, -0.25) is 4.79 Å². The van der Waals surface area contributed by atoms with E-state index < -0.39 is 17.6 Å². The maximum Gasteiger partial charge on any atom is 0.418 e. The lowest BCUT2D eigenvalue weighted by Gasteiger charge is -2.14. The van der Waals surface area contributed by atoms with Crippen LogP contribution < -0.4 is 5.32 Å². The zero-order valence-corrected chi connectivity index (χ0v) is 17.3. The fourth-order valence-corrected chi connectivity index (χ4v) is 3.58. The first-order valence-electron chi connectivity index (χ1n) is 9.83. The largest absolute Gasteiger partial charge is 0.418 e. The van der Waals surface area contributed by atoms with Crippen molar-refractivity contribution >= 4 is 17.2 Å². The van der Waals surface area contributed by atoms with Crippen molar-refractivity contribution in [3.63, 3.8) is 0 Å². The van der Waals surface area contributed by atoms with Crippen LogP contribution in [0.1, 0.15) is 22.4 Å². The van der Waals surface area contributed by atoms with Gasteiger partial charge in [-0.25, -0.2) is 9.37 Å². The Kier molecular flexibility index (Phi) is 5.46. The summed E-state index contributed by atoms with van der Waals surface area (Å²) < 4.78 is 55.4. The number of alkyl halides is 3. The highest BCUT2D eigenvalue weighted by Gasteiger charge is 2.33. The zero-order chi connectivity index (χ0) is 23.0. The van der Waals surface area contributed by atoms with Crippen LogP contribution in [0.25, 0.3) is 16.9 Å². The molecule has 0 fully saturated rings. The van der Waals surface area contributed by atoms with E-state index in [-0.39, 0.29) is 17.9 Å². The van der Waals surface area contributed by atoms with Gasteiger partial charge >= 0.3 is 6.18 Å². The molecule has 0 saturated carbocycles. The number of rotatable bonds is 4. The number of hydrogen-bond acceptors (Lipinski definition) is 2. The molecule has 8 heteroatoms. The van der Waals surface area contributed by atoms with Gasteiger partial charge in [0, 0.05) is 11.8 Å². The first kappa shape index (κ1) is 21.5. The lowest BCUT2D eigenvalue weighted by atomic mass is 10.1. The Balaban J connectivity index is 1.75. The molecule has 0 saturated heterocycles. The fraction of sp³-hybridized carbons (Fsp3) is 0.167. The number of fused-ring (bicyclic) bond motifs is 1. The monoisotopic (exact) mass is 441 g/mol. The van der Waals surface area contributed by atoms with E-state index in [9.17, 15) is 22.4 Å². The molecule has 4 rings (SSSR count). The van der Waals surface area contributed by atoms with E-state index >= 15 is 0 Å². The number of aryl methyl sites for hydroxylation is 2. The number of aromatic nitrogens is 2. The summed E-state index contributed by atoms with van der Waals surface area (Å²) in [5, 5.41) is 2.37. The van der Waals surface area contributed by atoms with Gasteiger partial charge in [0.15, 0.2) is 0 Å². The number of para-hydroxylation sites is 1. The van der Waals surface area contributed by atoms with Gasteiger partial charge in [0.25, 0.3) is 0 Å². The molecule has 0 radical (unpaired) electrons. The predicted octanol–water partition coefficient (Wildman–Crippen LogP) is 5.96. The molecule has 32 heavy (non-hydrogen) atoms. The number of imidazole rings is 1. The molecule has 0 aliphatic rings. The first-order chi connectivity index (χ1) is 15.1. The standard InChI is InChI=1S/C24H19F4N3O/c1-14-7-10-21-30-23(16-8-9-18(25)15(2)11-16)20(31(21)13-14)12-22(32)29-19-6-4-3-5-17(19)24(26,27)28/h3-11,13H,12H2,1-2H3,(H,29,32). The number of carbonyl (C=O) groups excluding carboxylic acids is 1. The molecule has 4 aromatic rings. The minimum atomic E-state index is -4.60. The molecule has 164 valence electrons. The van der Waals surface area contributed by atoms with E-state index in [1.54, 1.807) is 35.7 Å². The van der Waals surface area contributed by atoms with Gasteiger partial charge in [-0.15, -0.1) is 0 Å². The van der Waals surface area contributed by atoms with E-state index in [0.717, 1.165) is 11.6 Å². The van der Waals surface area contributed by atoms with Crippen molar-refractivity contribution in [2.45, 2.75) is 26.4 Å². The molecule has 0 aliphatic heterocycles. The third-order valence-corrected chi connectivity index (χ3v) is 5.13. The van der Waals surface area contributed by atoms with E-state index in [2.05, 4.69) is 10.3 Å². The van der Waals surface area contributed by atoms with Gasteiger partial charge in [-0.2, -0.15) is 13.2 Å². The second kappa shape index (κ2) is 8.11. The minimum absolute atomic E-state index is 0.220. The zero-order valence-electron chi connectivity index (χ0n) is 17.3. The molecule has 0 unspecified atom stereocenters. The quantitative estimate of drug-likeness (QED) is 0.398. The van der Waals surface area contributed by atoms with Gasteiger partial charge in [0.2, 0.25) is 5.91 Å². The van der Waals surface area contributed by atoms with Crippen molar-refractivity contribution in [3.05, 3.63) is 89.0 Å². The van der Waals surface area contributed by atoms with Gasteiger partial charge in [-0.05, 0) is 61.4 Å². The summed E-state index contributed by atoms with van der Waals surface area (Å²) in [6, 6.07) is 13.0. The number of nitrogens with one attached hydrogen (secondary N) is 1. The second-order valence-electron chi connectivity index (χ2n) is 7.57. The van der Waals surface area contributed by atoms with E-state index in [0.29, 0.717) is 28.2 Å². The molecule has 2 heterocycles. The highest BCUT2D eigenvalue weighted by Crippen LogP contribution is 2.35. The summed E-state index contributed by atoms with van der Waals surface area (Å²) in [7, 11) is 0. The number of amides is 1. The Labute approximate surface area is 181 Å². The normalized spacial score (nSPS) is 11.7. The first-order valence-corrected chi connectivity index (χ1v) is 9.83. The van der Waals surface area contributed by atoms with Gasteiger partial charge in [0.05, 0.1) is 29.1 Å². The second-order valence-corrected chi connectivity index (χ2v) is 7.57. The van der Waals surface area contributed by atoms with Crippen molar-refractivity contribution in [1.29, 1.82) is 0 Å².